The van der Waals surface area contributed by atoms with Gasteiger partial charge in [-0.2, -0.15) is 0 Å². The standard InChI is InChI=1S/CH4B4O7/c6-1-3-11-4(7)9-2-10-5(8)12-3/h1-2,7-8H. The quantitative estimate of drug-likeness (QED) is 0.313. The molecule has 0 radical (unpaired) electrons. The first-order valence-electron chi connectivity index (χ1n) is 3.08. The van der Waals surface area contributed by atoms with Gasteiger partial charge in [-0.1, -0.05) is 0 Å². The third-order valence-electron chi connectivity index (χ3n) is 1.03. The first-order valence-corrected chi connectivity index (χ1v) is 3.08. The van der Waals surface area contributed by atoms with Crippen molar-refractivity contribution in [2.75, 3.05) is 0 Å². The molecule has 7 nitrogen and oxygen atoms in total. The van der Waals surface area contributed by atoms with Crippen LogP contribution in [0.2, 0.25) is 0 Å². The maximum absolute atomic E-state index is 10.1. The van der Waals surface area contributed by atoms with E-state index in [1.807, 2.05) is 0 Å². The van der Waals surface area contributed by atoms with E-state index in [4.69, 9.17) is 10.0 Å². The minimum Gasteiger partial charge on any atom is -0.429 e. The van der Waals surface area contributed by atoms with Gasteiger partial charge in [0, 0.05) is 0 Å². The molecule has 62 valence electrons. The van der Waals surface area contributed by atoms with Crippen LogP contribution < -0.4 is 0 Å². The summed E-state index contributed by atoms with van der Waals surface area (Å²) in [7, 11) is -5.01. The maximum Gasteiger partial charge on any atom is 0.608 e. The van der Waals surface area contributed by atoms with Gasteiger partial charge >= 0.3 is 29.4 Å². The van der Waals surface area contributed by atoms with Crippen LogP contribution in [0.15, 0.2) is 0 Å². The Hall–Kier alpha value is -0.310. The van der Waals surface area contributed by atoms with E-state index in [-0.39, 0.29) is 6.19 Å². The fraction of sp³-hybridized carbons (Fsp3) is 0. The molecule has 1 rings (SSSR count). The Morgan fingerprint density at radius 3 is 2.08 bits per heavy atom. The number of rotatable bonds is 1. The van der Waals surface area contributed by atoms with Crippen LogP contribution in [0.5, 0.6) is 0 Å². The average molecular weight is 171 g/mol. The molecule has 12 heavy (non-hydrogen) atoms. The average Bonchev–Trinajstić information content (AvgIpc) is 2.00. The second-order valence-electron chi connectivity index (χ2n) is 1.84. The molecule has 0 atom stereocenters. The van der Waals surface area contributed by atoms with E-state index >= 15 is 0 Å². The predicted molar refractivity (Wildman–Crippen MR) is 39.9 cm³/mol. The summed E-state index contributed by atoms with van der Waals surface area (Å²) in [6.45, 7) is 0. The predicted octanol–water partition coefficient (Wildman–Crippen LogP) is -3.45. The molecule has 0 aromatic carbocycles. The molecule has 1 saturated heterocycles. The summed E-state index contributed by atoms with van der Waals surface area (Å²) >= 11 is 0. The van der Waals surface area contributed by atoms with Crippen LogP contribution in [-0.2, 0) is 23.1 Å². The molecule has 1 aliphatic rings. The Morgan fingerprint density at radius 2 is 1.67 bits per heavy atom. The molecule has 11 heteroatoms. The fourth-order valence-corrected chi connectivity index (χ4v) is 0.560. The van der Waals surface area contributed by atoms with Gasteiger partial charge in [-0.25, -0.2) is 0 Å². The van der Waals surface area contributed by atoms with Crippen molar-refractivity contribution in [1.82, 2.24) is 0 Å². The number of hydrogen-bond acceptors (Lipinski definition) is 7. The molecule has 2 N–H and O–H groups in total. The molecule has 0 amide bonds. The topological polar surface area (TPSA) is 94.5 Å². The monoisotopic (exact) mass is 172 g/mol. The van der Waals surface area contributed by atoms with Gasteiger partial charge in [0.15, 0.2) is 0 Å². The van der Waals surface area contributed by atoms with Crippen molar-refractivity contribution in [3.05, 3.63) is 0 Å². The summed E-state index contributed by atoms with van der Waals surface area (Å²) in [5, 5.41) is 17.5. The summed E-state index contributed by atoms with van der Waals surface area (Å²) in [6, 6.07) is 0. The van der Waals surface area contributed by atoms with Crippen molar-refractivity contribution in [3.8, 4) is 0 Å². The smallest absolute Gasteiger partial charge is 0.429 e. The Labute approximate surface area is 69.7 Å². The first kappa shape index (κ1) is 9.78. The Bertz CT molecular complexity index is 140. The van der Waals surface area contributed by atoms with Gasteiger partial charge in [0.05, 0.1) is 0 Å². The van der Waals surface area contributed by atoms with Crippen molar-refractivity contribution < 1.29 is 33.1 Å². The van der Waals surface area contributed by atoms with Gasteiger partial charge in [-0.05, 0) is 0 Å². The van der Waals surface area contributed by atoms with E-state index in [1.165, 1.54) is 0 Å². The minimum absolute atomic E-state index is 0.241. The molecule has 1 fully saturated rings. The van der Waals surface area contributed by atoms with Crippen LogP contribution in [0.1, 0.15) is 0 Å². The zero-order valence-electron chi connectivity index (χ0n) is 5.95. The van der Waals surface area contributed by atoms with Crippen LogP contribution in [0, 0.1) is 0 Å². The van der Waals surface area contributed by atoms with Crippen molar-refractivity contribution >= 4 is 35.6 Å². The number of carbonyl (C=O) groups is 1. The lowest BCUT2D eigenvalue weighted by Gasteiger charge is -2.17. The van der Waals surface area contributed by atoms with Gasteiger partial charge in [-0.15, -0.1) is 0 Å². The number of carbonyl (C=O) groups excluding carboxylic acids is 1. The maximum atomic E-state index is 10.1. The van der Waals surface area contributed by atoms with Crippen LogP contribution >= 0.6 is 0 Å². The minimum atomic E-state index is -1.60. The van der Waals surface area contributed by atoms with Gasteiger partial charge in [0.25, 0.3) is 0 Å². The van der Waals surface area contributed by atoms with Crippen LogP contribution in [-0.4, -0.2) is 45.7 Å². The summed E-state index contributed by atoms with van der Waals surface area (Å²) in [5.41, 5.74) is 0. The summed E-state index contributed by atoms with van der Waals surface area (Å²) in [5.74, 6) is 0. The lowest BCUT2D eigenvalue weighted by Crippen LogP contribution is -2.45. The summed E-state index contributed by atoms with van der Waals surface area (Å²) in [6.07, 6.45) is 0.241. The number of hydrogen-bond donors (Lipinski definition) is 2. The lowest BCUT2D eigenvalue weighted by molar-refractivity contribution is 0.209. The van der Waals surface area contributed by atoms with Gasteiger partial charge in [-0.3, -0.25) is 0 Å². The van der Waals surface area contributed by atoms with Crippen molar-refractivity contribution in [3.63, 3.8) is 0 Å². The molecule has 1 heterocycles. The molecule has 1 aliphatic heterocycles. The van der Waals surface area contributed by atoms with E-state index in [9.17, 15) is 4.79 Å². The fourth-order valence-electron chi connectivity index (χ4n) is 0.560. The highest BCUT2D eigenvalue weighted by Gasteiger charge is 2.35. The molecule has 0 aromatic rings. The third-order valence-corrected chi connectivity index (χ3v) is 1.03. The van der Waals surface area contributed by atoms with E-state index in [1.54, 1.807) is 0 Å². The van der Waals surface area contributed by atoms with E-state index in [0.29, 0.717) is 0 Å². The highest BCUT2D eigenvalue weighted by molar-refractivity contribution is 6.82. The molecule has 0 aliphatic carbocycles. The molecule has 0 aromatic heterocycles. The second kappa shape index (κ2) is 4.65. The van der Waals surface area contributed by atoms with Crippen molar-refractivity contribution in [2.24, 2.45) is 0 Å². The van der Waals surface area contributed by atoms with Gasteiger partial charge in [0.1, 0.15) is 6.19 Å². The van der Waals surface area contributed by atoms with Gasteiger partial charge in [0.2, 0.25) is 0 Å². The Morgan fingerprint density at radius 1 is 1.17 bits per heavy atom. The third kappa shape index (κ3) is 2.97. The summed E-state index contributed by atoms with van der Waals surface area (Å²) < 4.78 is 17.6. The normalized spacial score (nSPS) is 19.7. The second-order valence-corrected chi connectivity index (χ2v) is 1.84. The van der Waals surface area contributed by atoms with Gasteiger partial charge < -0.3 is 33.1 Å². The van der Waals surface area contributed by atoms with E-state index in [2.05, 4.69) is 18.3 Å². The molecular formula is CH4B4O7. The highest BCUT2D eigenvalue weighted by Crippen LogP contribution is 1.97. The highest BCUT2D eigenvalue weighted by atomic mass is 16.8. The Kier molecular flexibility index (Phi) is 3.79. The van der Waals surface area contributed by atoms with E-state index < -0.39 is 29.4 Å². The first-order chi connectivity index (χ1) is 5.72. The largest absolute Gasteiger partial charge is 0.608 e. The zero-order valence-corrected chi connectivity index (χ0v) is 5.95. The molecule has 0 bridgehead atoms. The molecule has 0 spiro atoms. The SMILES string of the molecule is O=CB1OB(O)OBOB(O)O1. The lowest BCUT2D eigenvalue weighted by atomic mass is 9.86. The van der Waals surface area contributed by atoms with Crippen molar-refractivity contribution in [2.45, 2.75) is 0 Å². The molecule has 0 saturated carbocycles. The Balaban J connectivity index is 2.44. The zero-order chi connectivity index (χ0) is 8.97. The van der Waals surface area contributed by atoms with Crippen LogP contribution in [0.3, 0.4) is 0 Å². The van der Waals surface area contributed by atoms with Crippen LogP contribution in [0.25, 0.3) is 0 Å². The van der Waals surface area contributed by atoms with Crippen molar-refractivity contribution in [1.29, 1.82) is 0 Å². The van der Waals surface area contributed by atoms with E-state index in [0.717, 1.165) is 0 Å². The molecular weight excluding hydrogens is 167 g/mol. The van der Waals surface area contributed by atoms with Crippen LogP contribution in [0.4, 0.5) is 0 Å². The molecule has 0 unspecified atom stereocenters. The summed E-state index contributed by atoms with van der Waals surface area (Å²) in [4.78, 5) is 10.1.